The number of epoxide rings is 1. The van der Waals surface area contributed by atoms with Crippen molar-refractivity contribution in [2.75, 3.05) is 20.3 Å². The normalized spacial score (nSPS) is 27.2. The molecular formula is C14H19NO4S. The fourth-order valence-electron chi connectivity index (χ4n) is 2.76. The third kappa shape index (κ3) is 2.55. The van der Waals surface area contributed by atoms with E-state index in [1.807, 2.05) is 0 Å². The first-order chi connectivity index (χ1) is 9.63. The number of hydrogen-bond acceptors (Lipinski definition) is 4. The van der Waals surface area contributed by atoms with Gasteiger partial charge in [0.05, 0.1) is 30.8 Å². The molecule has 2 heterocycles. The predicted octanol–water partition coefficient (Wildman–Crippen LogP) is 1.64. The van der Waals surface area contributed by atoms with Crippen LogP contribution in [-0.4, -0.2) is 45.1 Å². The van der Waals surface area contributed by atoms with Crippen LogP contribution in [0.3, 0.4) is 0 Å². The van der Waals surface area contributed by atoms with Crippen LogP contribution >= 0.6 is 0 Å². The van der Waals surface area contributed by atoms with E-state index in [0.717, 1.165) is 19.3 Å². The highest BCUT2D eigenvalue weighted by Gasteiger charge is 2.43. The minimum absolute atomic E-state index is 0.00384. The number of rotatable bonds is 4. The molecule has 2 aliphatic rings. The van der Waals surface area contributed by atoms with E-state index in [9.17, 15) is 8.42 Å². The van der Waals surface area contributed by atoms with Crippen LogP contribution in [0.2, 0.25) is 0 Å². The standard InChI is InChI=1S/C14H19NO4S/c1-18-11-5-7-12(8-6-11)20(16,17)15-9-3-2-4-13(15)14-10-19-14/h5-8,13-14H,2-4,9-10H2,1H3. The summed E-state index contributed by atoms with van der Waals surface area (Å²) in [7, 11) is -1.88. The van der Waals surface area contributed by atoms with Crippen molar-refractivity contribution in [2.45, 2.75) is 36.3 Å². The molecule has 0 N–H and O–H groups in total. The minimum atomic E-state index is -3.44. The first-order valence-corrected chi connectivity index (χ1v) is 8.34. The second-order valence-corrected chi connectivity index (χ2v) is 7.12. The van der Waals surface area contributed by atoms with Crippen molar-refractivity contribution in [1.82, 2.24) is 4.31 Å². The third-order valence-electron chi connectivity index (χ3n) is 3.95. The van der Waals surface area contributed by atoms with Crippen LogP contribution in [0.25, 0.3) is 0 Å². The Bertz CT molecular complexity index is 565. The number of ether oxygens (including phenoxy) is 2. The molecule has 5 nitrogen and oxygen atoms in total. The van der Waals surface area contributed by atoms with Crippen LogP contribution in [0, 0.1) is 0 Å². The molecule has 0 aliphatic carbocycles. The summed E-state index contributed by atoms with van der Waals surface area (Å²) in [4.78, 5) is 0.325. The van der Waals surface area contributed by atoms with Gasteiger partial charge in [-0.25, -0.2) is 8.42 Å². The lowest BCUT2D eigenvalue weighted by Crippen LogP contribution is -2.46. The molecule has 0 amide bonds. The summed E-state index contributed by atoms with van der Waals surface area (Å²) in [5.41, 5.74) is 0. The van der Waals surface area contributed by atoms with Crippen LogP contribution in [0.15, 0.2) is 29.2 Å². The molecule has 0 saturated carbocycles. The Hall–Kier alpha value is -1.11. The predicted molar refractivity (Wildman–Crippen MR) is 74.3 cm³/mol. The second kappa shape index (κ2) is 5.35. The molecule has 2 fully saturated rings. The summed E-state index contributed by atoms with van der Waals surface area (Å²) in [6, 6.07) is 6.57. The Morgan fingerprint density at radius 3 is 2.55 bits per heavy atom. The van der Waals surface area contributed by atoms with Crippen molar-refractivity contribution in [1.29, 1.82) is 0 Å². The Morgan fingerprint density at radius 1 is 1.25 bits per heavy atom. The molecule has 20 heavy (non-hydrogen) atoms. The molecule has 3 rings (SSSR count). The molecule has 0 bridgehead atoms. The SMILES string of the molecule is COc1ccc(S(=O)(=O)N2CCCCC2C2CO2)cc1. The summed E-state index contributed by atoms with van der Waals surface area (Å²) in [6.45, 7) is 1.26. The van der Waals surface area contributed by atoms with Crippen molar-refractivity contribution in [2.24, 2.45) is 0 Å². The molecule has 6 heteroatoms. The van der Waals surface area contributed by atoms with Gasteiger partial charge in [-0.2, -0.15) is 4.31 Å². The summed E-state index contributed by atoms with van der Waals surface area (Å²) in [5, 5.41) is 0. The Balaban J connectivity index is 1.88. The number of sulfonamides is 1. The first kappa shape index (κ1) is 13.9. The van der Waals surface area contributed by atoms with Gasteiger partial charge >= 0.3 is 0 Å². The lowest BCUT2D eigenvalue weighted by Gasteiger charge is -2.33. The minimum Gasteiger partial charge on any atom is -0.497 e. The van der Waals surface area contributed by atoms with Gasteiger partial charge in [-0.3, -0.25) is 0 Å². The molecule has 2 atom stereocenters. The van der Waals surface area contributed by atoms with E-state index in [2.05, 4.69) is 0 Å². The van der Waals surface area contributed by atoms with Crippen molar-refractivity contribution in [3.8, 4) is 5.75 Å². The Labute approximate surface area is 119 Å². The van der Waals surface area contributed by atoms with E-state index in [1.54, 1.807) is 35.7 Å². The van der Waals surface area contributed by atoms with E-state index >= 15 is 0 Å². The molecule has 2 saturated heterocycles. The van der Waals surface area contributed by atoms with Crippen LogP contribution in [0.1, 0.15) is 19.3 Å². The number of methoxy groups -OCH3 is 1. The average Bonchev–Trinajstić information content (AvgIpc) is 3.32. The van der Waals surface area contributed by atoms with E-state index in [1.165, 1.54) is 0 Å². The van der Waals surface area contributed by atoms with Crippen LogP contribution in [0.5, 0.6) is 5.75 Å². The molecule has 110 valence electrons. The molecular weight excluding hydrogens is 278 g/mol. The van der Waals surface area contributed by atoms with E-state index in [-0.39, 0.29) is 12.1 Å². The van der Waals surface area contributed by atoms with Gasteiger partial charge in [0, 0.05) is 6.54 Å². The molecule has 2 aliphatic heterocycles. The zero-order valence-corrected chi connectivity index (χ0v) is 12.3. The number of piperidine rings is 1. The zero-order chi connectivity index (χ0) is 14.2. The molecule has 1 aromatic carbocycles. The van der Waals surface area contributed by atoms with Crippen LogP contribution < -0.4 is 4.74 Å². The Kier molecular flexibility index (Phi) is 3.70. The number of benzene rings is 1. The number of hydrogen-bond donors (Lipinski definition) is 0. The molecule has 2 unspecified atom stereocenters. The van der Waals surface area contributed by atoms with Gasteiger partial charge in [0.25, 0.3) is 0 Å². The molecule has 0 spiro atoms. The number of nitrogens with zero attached hydrogens (tertiary/aromatic N) is 1. The second-order valence-electron chi connectivity index (χ2n) is 5.23. The van der Waals surface area contributed by atoms with Gasteiger partial charge in [0.2, 0.25) is 10.0 Å². The van der Waals surface area contributed by atoms with Crippen molar-refractivity contribution in [3.05, 3.63) is 24.3 Å². The summed E-state index contributed by atoms with van der Waals surface area (Å²) in [6.07, 6.45) is 2.96. The molecule has 0 aromatic heterocycles. The summed E-state index contributed by atoms with van der Waals surface area (Å²) >= 11 is 0. The maximum Gasteiger partial charge on any atom is 0.243 e. The van der Waals surface area contributed by atoms with E-state index in [0.29, 0.717) is 23.8 Å². The smallest absolute Gasteiger partial charge is 0.243 e. The highest BCUT2D eigenvalue weighted by atomic mass is 32.2. The quantitative estimate of drug-likeness (QED) is 0.793. The van der Waals surface area contributed by atoms with Gasteiger partial charge in [0.1, 0.15) is 5.75 Å². The van der Waals surface area contributed by atoms with E-state index in [4.69, 9.17) is 9.47 Å². The fourth-order valence-corrected chi connectivity index (χ4v) is 4.48. The highest BCUT2D eigenvalue weighted by molar-refractivity contribution is 7.89. The summed E-state index contributed by atoms with van der Waals surface area (Å²) < 4.78 is 37.5. The van der Waals surface area contributed by atoms with E-state index < -0.39 is 10.0 Å². The maximum absolute atomic E-state index is 12.8. The van der Waals surface area contributed by atoms with Gasteiger partial charge in [-0.15, -0.1) is 0 Å². The fraction of sp³-hybridized carbons (Fsp3) is 0.571. The van der Waals surface area contributed by atoms with Crippen LogP contribution in [-0.2, 0) is 14.8 Å². The van der Waals surface area contributed by atoms with Gasteiger partial charge in [0.15, 0.2) is 0 Å². The largest absolute Gasteiger partial charge is 0.497 e. The van der Waals surface area contributed by atoms with Crippen molar-refractivity contribution >= 4 is 10.0 Å². The lowest BCUT2D eigenvalue weighted by atomic mass is 10.0. The monoisotopic (exact) mass is 297 g/mol. The topological polar surface area (TPSA) is 59.1 Å². The van der Waals surface area contributed by atoms with Gasteiger partial charge in [-0.1, -0.05) is 6.42 Å². The zero-order valence-electron chi connectivity index (χ0n) is 11.5. The lowest BCUT2D eigenvalue weighted by molar-refractivity contribution is 0.205. The summed E-state index contributed by atoms with van der Waals surface area (Å²) in [5.74, 6) is 0.657. The van der Waals surface area contributed by atoms with Crippen LogP contribution in [0.4, 0.5) is 0 Å². The van der Waals surface area contributed by atoms with Crippen molar-refractivity contribution < 1.29 is 17.9 Å². The highest BCUT2D eigenvalue weighted by Crippen LogP contribution is 2.32. The molecule has 0 radical (unpaired) electrons. The third-order valence-corrected chi connectivity index (χ3v) is 5.89. The average molecular weight is 297 g/mol. The Morgan fingerprint density at radius 2 is 1.95 bits per heavy atom. The maximum atomic E-state index is 12.8. The molecule has 1 aromatic rings. The van der Waals surface area contributed by atoms with Gasteiger partial charge < -0.3 is 9.47 Å². The van der Waals surface area contributed by atoms with Crippen molar-refractivity contribution in [3.63, 3.8) is 0 Å². The van der Waals surface area contributed by atoms with Gasteiger partial charge in [-0.05, 0) is 37.1 Å². The first-order valence-electron chi connectivity index (χ1n) is 6.90.